The third-order valence-corrected chi connectivity index (χ3v) is 3.40. The van der Waals surface area contributed by atoms with Crippen LogP contribution in [0.4, 0.5) is 17.3 Å². The van der Waals surface area contributed by atoms with Crippen LogP contribution in [-0.4, -0.2) is 36.2 Å². The Morgan fingerprint density at radius 2 is 2.26 bits per heavy atom. The second-order valence-corrected chi connectivity index (χ2v) is 4.53. The smallest absolute Gasteiger partial charge is 0.311 e. The van der Waals surface area contributed by atoms with E-state index in [-0.39, 0.29) is 17.8 Å². The number of anilines is 2. The van der Waals surface area contributed by atoms with Gasteiger partial charge in [-0.1, -0.05) is 0 Å². The molecule has 0 saturated heterocycles. The number of pyridine rings is 1. The second kappa shape index (κ2) is 5.83. The molecular weight excluding hydrogens is 248 g/mol. The van der Waals surface area contributed by atoms with Crippen molar-refractivity contribution in [1.29, 1.82) is 0 Å². The zero-order chi connectivity index (χ0) is 13.8. The van der Waals surface area contributed by atoms with Crippen molar-refractivity contribution in [2.75, 3.05) is 24.8 Å². The summed E-state index contributed by atoms with van der Waals surface area (Å²) >= 11 is 0. The van der Waals surface area contributed by atoms with Gasteiger partial charge in [-0.2, -0.15) is 0 Å². The number of methoxy groups -OCH3 is 1. The van der Waals surface area contributed by atoms with Crippen molar-refractivity contribution in [3.05, 3.63) is 22.2 Å². The van der Waals surface area contributed by atoms with Crippen LogP contribution >= 0.6 is 0 Å². The summed E-state index contributed by atoms with van der Waals surface area (Å²) in [6.45, 7) is 0. The molecular formula is C12H18N4O3. The Morgan fingerprint density at radius 3 is 2.89 bits per heavy atom. The van der Waals surface area contributed by atoms with E-state index >= 15 is 0 Å². The normalized spacial score (nSPS) is 22.2. The zero-order valence-corrected chi connectivity index (χ0v) is 11.0. The minimum atomic E-state index is -0.425. The maximum Gasteiger partial charge on any atom is 0.311 e. The summed E-state index contributed by atoms with van der Waals surface area (Å²) < 4.78 is 5.38. The molecule has 1 aliphatic carbocycles. The van der Waals surface area contributed by atoms with Crippen molar-refractivity contribution < 1.29 is 9.66 Å². The highest BCUT2D eigenvalue weighted by atomic mass is 16.6. The number of hydrogen-bond donors (Lipinski definition) is 2. The van der Waals surface area contributed by atoms with Gasteiger partial charge in [0, 0.05) is 20.2 Å². The van der Waals surface area contributed by atoms with Gasteiger partial charge < -0.3 is 15.4 Å². The first-order chi connectivity index (χ1) is 9.15. The molecule has 1 aromatic rings. The van der Waals surface area contributed by atoms with Crippen LogP contribution in [0, 0.1) is 10.1 Å². The van der Waals surface area contributed by atoms with Crippen LogP contribution in [0.5, 0.6) is 0 Å². The molecule has 1 aliphatic rings. The monoisotopic (exact) mass is 266 g/mol. The molecule has 0 radical (unpaired) electrons. The predicted octanol–water partition coefficient (Wildman–Crippen LogP) is 2.01. The third kappa shape index (κ3) is 2.93. The van der Waals surface area contributed by atoms with Gasteiger partial charge in [-0.15, -0.1) is 0 Å². The van der Waals surface area contributed by atoms with E-state index in [1.807, 2.05) is 0 Å². The average molecular weight is 266 g/mol. The predicted molar refractivity (Wildman–Crippen MR) is 72.5 cm³/mol. The highest BCUT2D eigenvalue weighted by molar-refractivity contribution is 5.60. The highest BCUT2D eigenvalue weighted by Gasteiger charge is 2.29. The van der Waals surface area contributed by atoms with Crippen molar-refractivity contribution >= 4 is 17.3 Å². The molecule has 1 heterocycles. The Kier molecular flexibility index (Phi) is 4.16. The molecule has 0 spiro atoms. The van der Waals surface area contributed by atoms with Crippen molar-refractivity contribution in [3.63, 3.8) is 0 Å². The fraction of sp³-hybridized carbons (Fsp3) is 0.583. The lowest BCUT2D eigenvalue weighted by Crippen LogP contribution is -2.30. The molecule has 104 valence electrons. The van der Waals surface area contributed by atoms with Crippen LogP contribution in [0.2, 0.25) is 0 Å². The second-order valence-electron chi connectivity index (χ2n) is 4.53. The van der Waals surface area contributed by atoms with E-state index in [4.69, 9.17) is 4.74 Å². The molecule has 0 aromatic carbocycles. The van der Waals surface area contributed by atoms with Crippen molar-refractivity contribution in [1.82, 2.24) is 4.98 Å². The number of aromatic nitrogens is 1. The van der Waals surface area contributed by atoms with E-state index < -0.39 is 4.92 Å². The lowest BCUT2D eigenvalue weighted by molar-refractivity contribution is -0.384. The Bertz CT molecular complexity index is 466. The first kappa shape index (κ1) is 13.5. The molecule has 0 amide bonds. The molecule has 1 saturated carbocycles. The molecule has 7 nitrogen and oxygen atoms in total. The lowest BCUT2D eigenvalue weighted by Gasteiger charge is -2.20. The Balaban J connectivity index is 2.24. The average Bonchev–Trinajstić information content (AvgIpc) is 2.85. The highest BCUT2D eigenvalue weighted by Crippen LogP contribution is 2.29. The van der Waals surface area contributed by atoms with Gasteiger partial charge in [0.05, 0.1) is 17.1 Å². The topological polar surface area (TPSA) is 89.3 Å². The van der Waals surface area contributed by atoms with E-state index in [0.29, 0.717) is 11.6 Å². The van der Waals surface area contributed by atoms with Gasteiger partial charge in [-0.05, 0) is 25.3 Å². The summed E-state index contributed by atoms with van der Waals surface area (Å²) in [7, 11) is 3.39. The largest absolute Gasteiger partial charge is 0.379 e. The quantitative estimate of drug-likeness (QED) is 0.626. The van der Waals surface area contributed by atoms with Crippen LogP contribution in [-0.2, 0) is 4.74 Å². The molecule has 1 aromatic heterocycles. The van der Waals surface area contributed by atoms with Gasteiger partial charge in [0.2, 0.25) is 5.82 Å². The lowest BCUT2D eigenvalue weighted by atomic mass is 10.2. The number of hydrogen-bond acceptors (Lipinski definition) is 6. The number of rotatable bonds is 5. The van der Waals surface area contributed by atoms with Crippen molar-refractivity contribution in [2.24, 2.45) is 0 Å². The first-order valence-electron chi connectivity index (χ1n) is 6.28. The van der Waals surface area contributed by atoms with E-state index in [9.17, 15) is 10.1 Å². The van der Waals surface area contributed by atoms with E-state index in [1.54, 1.807) is 20.2 Å². The Hall–Kier alpha value is -1.89. The maximum absolute atomic E-state index is 11.0. The SMILES string of the molecule is CNc1ccc([N+](=O)[O-])c(NC2CCCC2OC)n1. The molecule has 2 N–H and O–H groups in total. The van der Waals surface area contributed by atoms with Crippen LogP contribution in [0.1, 0.15) is 19.3 Å². The number of nitrogens with one attached hydrogen (secondary N) is 2. The minimum absolute atomic E-state index is 0.0132. The summed E-state index contributed by atoms with van der Waals surface area (Å²) in [5, 5.41) is 17.0. The molecule has 2 unspecified atom stereocenters. The van der Waals surface area contributed by atoms with Gasteiger partial charge in [0.1, 0.15) is 5.82 Å². The van der Waals surface area contributed by atoms with E-state index in [2.05, 4.69) is 15.6 Å². The molecule has 2 rings (SSSR count). The molecule has 0 aliphatic heterocycles. The number of nitro groups is 1. The van der Waals surface area contributed by atoms with Crippen LogP contribution in [0.15, 0.2) is 12.1 Å². The van der Waals surface area contributed by atoms with Crippen molar-refractivity contribution in [2.45, 2.75) is 31.4 Å². The first-order valence-corrected chi connectivity index (χ1v) is 6.28. The van der Waals surface area contributed by atoms with Crippen molar-refractivity contribution in [3.8, 4) is 0 Å². The van der Waals surface area contributed by atoms with Gasteiger partial charge in [0.25, 0.3) is 0 Å². The standard InChI is InChI=1S/C12H18N4O3/c1-13-11-7-6-9(16(17)18)12(15-11)14-8-4-3-5-10(8)19-2/h6-8,10H,3-5H2,1-2H3,(H2,13,14,15). The Labute approximate surface area is 111 Å². The number of ether oxygens (including phenoxy) is 1. The summed E-state index contributed by atoms with van der Waals surface area (Å²) in [5.74, 6) is 0.894. The molecule has 1 fully saturated rings. The molecule has 19 heavy (non-hydrogen) atoms. The summed E-state index contributed by atoms with van der Waals surface area (Å²) in [4.78, 5) is 14.8. The minimum Gasteiger partial charge on any atom is -0.379 e. The summed E-state index contributed by atoms with van der Waals surface area (Å²) in [5.41, 5.74) is -0.0132. The van der Waals surface area contributed by atoms with Crippen LogP contribution < -0.4 is 10.6 Å². The third-order valence-electron chi connectivity index (χ3n) is 3.40. The fourth-order valence-electron chi connectivity index (χ4n) is 2.39. The molecule has 2 atom stereocenters. The van der Waals surface area contributed by atoms with Crippen LogP contribution in [0.3, 0.4) is 0 Å². The maximum atomic E-state index is 11.0. The summed E-state index contributed by atoms with van der Waals surface area (Å²) in [6.07, 6.45) is 3.03. The van der Waals surface area contributed by atoms with E-state index in [1.165, 1.54) is 6.07 Å². The van der Waals surface area contributed by atoms with Gasteiger partial charge in [0.15, 0.2) is 0 Å². The Morgan fingerprint density at radius 1 is 1.47 bits per heavy atom. The van der Waals surface area contributed by atoms with Gasteiger partial charge in [-0.3, -0.25) is 10.1 Å². The number of nitrogens with zero attached hydrogens (tertiary/aromatic N) is 2. The molecule has 0 bridgehead atoms. The van der Waals surface area contributed by atoms with Gasteiger partial charge >= 0.3 is 5.69 Å². The van der Waals surface area contributed by atoms with Gasteiger partial charge in [-0.25, -0.2) is 4.98 Å². The fourth-order valence-corrected chi connectivity index (χ4v) is 2.39. The van der Waals surface area contributed by atoms with E-state index in [0.717, 1.165) is 19.3 Å². The molecule has 7 heteroatoms. The summed E-state index contributed by atoms with van der Waals surface area (Å²) in [6, 6.07) is 3.12. The van der Waals surface area contributed by atoms with Crippen LogP contribution in [0.25, 0.3) is 0 Å². The zero-order valence-electron chi connectivity index (χ0n) is 11.0.